The molecule has 0 saturated heterocycles. The summed E-state index contributed by atoms with van der Waals surface area (Å²) in [6.07, 6.45) is 13.1. The van der Waals surface area contributed by atoms with Crippen LogP contribution in [0.2, 0.25) is 0 Å². The average Bonchev–Trinajstić information content (AvgIpc) is 3.36. The zero-order valence-electron chi connectivity index (χ0n) is 31.0. The fourth-order valence-corrected chi connectivity index (χ4v) is 14.1. The fraction of sp³-hybridized carbons (Fsp3) is 0.447. The zero-order chi connectivity index (χ0) is 39.1. The van der Waals surface area contributed by atoms with E-state index >= 15 is 0 Å². The van der Waals surface area contributed by atoms with Crippen molar-refractivity contribution in [2.75, 3.05) is 29.5 Å². The molecule has 8 nitrogen and oxygen atoms in total. The summed E-state index contributed by atoms with van der Waals surface area (Å²) in [4.78, 5) is 2.28. The van der Waals surface area contributed by atoms with Crippen LogP contribution < -0.4 is 34.5 Å². The van der Waals surface area contributed by atoms with Crippen LogP contribution in [0.3, 0.4) is 0 Å². The Morgan fingerprint density at radius 3 is 2.13 bits per heavy atom. The second-order valence-electron chi connectivity index (χ2n) is 14.7. The van der Waals surface area contributed by atoms with Gasteiger partial charge in [-0.3, -0.25) is 4.55 Å². The van der Waals surface area contributed by atoms with Gasteiger partial charge in [-0.05, 0) is 178 Å². The summed E-state index contributed by atoms with van der Waals surface area (Å²) in [6, 6.07) is 8.72. The van der Waals surface area contributed by atoms with Gasteiger partial charge in [0.05, 0.1) is 26.8 Å². The quantitative estimate of drug-likeness (QED) is 0.0735. The van der Waals surface area contributed by atoms with Gasteiger partial charge in [-0.1, -0.05) is 37.6 Å². The average molecular weight is 1250 g/mol. The number of anilines is 1. The summed E-state index contributed by atoms with van der Waals surface area (Å²) in [5.74, 6) is -0.626. The molecular weight excluding hydrogens is 1210 g/mol. The smallest absolute Gasteiger partial charge is 0.748 e. The predicted octanol–water partition coefficient (Wildman–Crippen LogP) is 7.32. The second-order valence-corrected chi connectivity index (χ2v) is 23.0. The molecule has 2 heterocycles. The maximum atomic E-state index is 11.4. The minimum atomic E-state index is -4.27. The Bertz CT molecular complexity index is 2200. The molecule has 3 aliphatic rings. The molecule has 0 aromatic heterocycles. The van der Waals surface area contributed by atoms with E-state index in [1.54, 1.807) is 0 Å². The topological polar surface area (TPSA) is 118 Å². The number of allylic oxidation sites excluding steroid dienone is 8. The van der Waals surface area contributed by atoms with Gasteiger partial charge in [-0.2, -0.15) is 13.0 Å². The van der Waals surface area contributed by atoms with Gasteiger partial charge < -0.3 is 9.45 Å². The van der Waals surface area contributed by atoms with Gasteiger partial charge in [-0.15, -0.1) is 0 Å². The van der Waals surface area contributed by atoms with Gasteiger partial charge in [-0.25, -0.2) is 8.42 Å². The van der Waals surface area contributed by atoms with Crippen molar-refractivity contribution in [1.29, 1.82) is 0 Å². The summed E-state index contributed by atoms with van der Waals surface area (Å²) in [7, 11) is -8.29. The monoisotopic (exact) mass is 1250 g/mol. The van der Waals surface area contributed by atoms with Crippen LogP contribution >= 0.6 is 102 Å². The molecule has 1 aliphatic carbocycles. The maximum Gasteiger partial charge on any atom is 1.00 e. The summed E-state index contributed by atoms with van der Waals surface area (Å²) >= 11 is 16.7. The van der Waals surface area contributed by atoms with E-state index in [2.05, 4.69) is 176 Å². The van der Waals surface area contributed by atoms with Crippen LogP contribution in [0.1, 0.15) is 83.8 Å². The third-order valence-corrected chi connectivity index (χ3v) is 15.2. The molecule has 0 atom stereocenters. The molecule has 288 valence electrons. The summed E-state index contributed by atoms with van der Waals surface area (Å²) in [6.45, 7) is 10.1. The minimum absolute atomic E-state index is 0. The number of unbranched alkanes of at least 4 members (excludes halogenated alkanes) is 2. The molecule has 0 radical (unpaired) electrons. The van der Waals surface area contributed by atoms with Gasteiger partial charge in [0.15, 0.2) is 5.71 Å². The van der Waals surface area contributed by atoms with E-state index in [-0.39, 0.29) is 51.9 Å². The number of nitrogens with zero attached hydrogens (tertiary/aromatic N) is 2. The first-order valence-corrected chi connectivity index (χ1v) is 25.3. The van der Waals surface area contributed by atoms with E-state index in [0.29, 0.717) is 38.8 Å². The van der Waals surface area contributed by atoms with Crippen molar-refractivity contribution in [2.45, 2.75) is 83.5 Å². The van der Waals surface area contributed by atoms with Crippen molar-refractivity contribution in [3.63, 3.8) is 0 Å². The largest absolute Gasteiger partial charge is 1.00 e. The fourth-order valence-electron chi connectivity index (χ4n) is 7.72. The van der Waals surface area contributed by atoms with Crippen molar-refractivity contribution in [3.05, 3.63) is 95.9 Å². The molecule has 0 spiro atoms. The number of benzene rings is 2. The van der Waals surface area contributed by atoms with Crippen LogP contribution in [0.5, 0.6) is 0 Å². The Morgan fingerprint density at radius 1 is 0.852 bits per heavy atom. The summed E-state index contributed by atoms with van der Waals surface area (Å²) in [5.41, 5.74) is 8.43. The first-order chi connectivity index (χ1) is 24.6. The second kappa shape index (κ2) is 19.1. The first-order valence-electron chi connectivity index (χ1n) is 17.4. The summed E-state index contributed by atoms with van der Waals surface area (Å²) in [5, 5.41) is 0.742. The minimum Gasteiger partial charge on any atom is -0.748 e. The predicted molar refractivity (Wildman–Crippen MR) is 248 cm³/mol. The zero-order valence-corrected chi connectivity index (χ0v) is 44.0. The van der Waals surface area contributed by atoms with Crippen molar-refractivity contribution in [3.8, 4) is 0 Å². The van der Waals surface area contributed by atoms with Crippen LogP contribution in [0.15, 0.2) is 70.4 Å². The molecule has 1 N–H and O–H groups in total. The molecule has 2 aromatic carbocycles. The van der Waals surface area contributed by atoms with Crippen LogP contribution in [0.25, 0.3) is 0 Å². The van der Waals surface area contributed by atoms with Gasteiger partial charge in [0.2, 0.25) is 5.69 Å². The molecule has 2 aliphatic heterocycles. The molecule has 16 heteroatoms. The normalized spacial score (nSPS) is 19.6. The van der Waals surface area contributed by atoms with E-state index in [1.165, 1.54) is 18.3 Å². The maximum absolute atomic E-state index is 11.4. The van der Waals surface area contributed by atoms with Gasteiger partial charge >= 0.3 is 29.6 Å². The molecule has 0 saturated carbocycles. The number of fused-ring (bicyclic) bond motifs is 2. The molecule has 0 unspecified atom stereocenters. The van der Waals surface area contributed by atoms with Gasteiger partial charge in [0.25, 0.3) is 10.1 Å². The summed E-state index contributed by atoms with van der Waals surface area (Å²) < 4.78 is 72.9. The van der Waals surface area contributed by atoms with Crippen LogP contribution in [0, 0.1) is 14.3 Å². The molecule has 5 rings (SSSR count). The van der Waals surface area contributed by atoms with Crippen LogP contribution in [-0.2, 0) is 31.1 Å². The SMILES string of the molecule is CC1(C)C(=CC=C2CCCC(C=CC3=[N+](CCCCS(=O)(=O)O)c4cc(I)cc(I)c4C3(C)C)=C2Cl)N(CCCCS(=O)(=O)[O-])c2cc(I)cc(I)c21.[Na+]. The standard InChI is InChI=1S/C38H43ClI4N2O6S2.Na/c1-37(2)32(44(16-5-7-18-52(46,47)48)30-22-26(40)20-28(42)34(30)37)14-12-24-10-9-11-25(36(24)39)13-15-33-38(3,4)35-29(43)21-27(41)23-31(35)45(33)17-6-8-19-53(49,50)51;/h12-15,20-23H,5-11,16-19H2,1-4H3,(H-,46,47,48,49,50,51);/q;+1. The number of hydrogen-bond donors (Lipinski definition) is 1. The van der Waals surface area contributed by atoms with Crippen molar-refractivity contribution in [1.82, 2.24) is 0 Å². The Morgan fingerprint density at radius 2 is 1.48 bits per heavy atom. The van der Waals surface area contributed by atoms with E-state index in [9.17, 15) is 25.9 Å². The first kappa shape index (κ1) is 47.6. The number of rotatable bonds is 13. The van der Waals surface area contributed by atoms with Crippen LogP contribution in [-0.4, -0.2) is 60.8 Å². The Balaban J connectivity index is 0.00000650. The van der Waals surface area contributed by atoms with E-state index in [1.807, 2.05) is 0 Å². The van der Waals surface area contributed by atoms with Gasteiger partial charge in [0, 0.05) is 72.5 Å². The van der Waals surface area contributed by atoms with Crippen LogP contribution in [0.4, 0.5) is 11.4 Å². The molecule has 0 amide bonds. The third kappa shape index (κ3) is 11.2. The number of hydrogen-bond acceptors (Lipinski definition) is 6. The third-order valence-electron chi connectivity index (χ3n) is 10.2. The Kier molecular flexibility index (Phi) is 16.8. The molecule has 0 fully saturated rings. The van der Waals surface area contributed by atoms with Crippen molar-refractivity contribution >= 4 is 139 Å². The number of halogens is 5. The Hall–Kier alpha value is 0.900. The van der Waals surface area contributed by atoms with Crippen molar-refractivity contribution < 1.29 is 60.1 Å². The van der Waals surface area contributed by atoms with E-state index in [4.69, 9.17) is 11.6 Å². The molecule has 2 aromatic rings. The van der Waals surface area contributed by atoms with E-state index in [0.717, 1.165) is 65.4 Å². The molecule has 0 bridgehead atoms. The van der Waals surface area contributed by atoms with E-state index < -0.39 is 20.2 Å². The molecule has 54 heavy (non-hydrogen) atoms. The Labute approximate surface area is 402 Å². The van der Waals surface area contributed by atoms with Crippen molar-refractivity contribution in [2.24, 2.45) is 0 Å². The van der Waals surface area contributed by atoms with Gasteiger partial charge in [0.1, 0.15) is 6.54 Å². The molecular formula is C38H43ClI4N2NaO6S2+.